The summed E-state index contributed by atoms with van der Waals surface area (Å²) in [6.07, 6.45) is 0. The molecule has 9 heteroatoms. The lowest BCUT2D eigenvalue weighted by Crippen LogP contribution is -2.37. The maximum Gasteiger partial charge on any atom is 0.266 e. The summed E-state index contributed by atoms with van der Waals surface area (Å²) in [6.45, 7) is 0.677. The molecule has 0 aliphatic heterocycles. The zero-order chi connectivity index (χ0) is 21.1. The number of amides is 1. The van der Waals surface area contributed by atoms with E-state index in [1.165, 1.54) is 36.5 Å². The molecule has 3 rings (SSSR count). The minimum Gasteiger partial charge on any atom is -0.495 e. The van der Waals surface area contributed by atoms with Crippen LogP contribution in [0, 0.1) is 11.6 Å². The summed E-state index contributed by atoms with van der Waals surface area (Å²) < 4.78 is 39.9. The van der Waals surface area contributed by atoms with E-state index in [0.717, 1.165) is 12.1 Å². The molecule has 2 aromatic carbocycles. The predicted octanol–water partition coefficient (Wildman–Crippen LogP) is 3.80. The third-order valence-electron chi connectivity index (χ3n) is 4.32. The summed E-state index contributed by atoms with van der Waals surface area (Å²) >= 11 is 1.20. The summed E-state index contributed by atoms with van der Waals surface area (Å²) in [5, 5.41) is 0.303. The number of anilines is 1. The van der Waals surface area contributed by atoms with Gasteiger partial charge in [0, 0.05) is 13.1 Å². The normalized spacial score (nSPS) is 11.1. The van der Waals surface area contributed by atoms with Gasteiger partial charge in [-0.05, 0) is 38.4 Å². The van der Waals surface area contributed by atoms with Crippen molar-refractivity contribution in [1.29, 1.82) is 0 Å². The number of methoxy groups -OCH3 is 2. The van der Waals surface area contributed by atoms with E-state index in [2.05, 4.69) is 4.98 Å². The van der Waals surface area contributed by atoms with Crippen LogP contribution >= 0.6 is 11.3 Å². The van der Waals surface area contributed by atoms with Gasteiger partial charge in [-0.1, -0.05) is 17.4 Å². The number of hydrogen-bond acceptors (Lipinski definition) is 6. The zero-order valence-electron chi connectivity index (χ0n) is 16.5. The van der Waals surface area contributed by atoms with Crippen LogP contribution < -0.4 is 14.4 Å². The summed E-state index contributed by atoms with van der Waals surface area (Å²) in [7, 11) is 6.74. The van der Waals surface area contributed by atoms with Gasteiger partial charge in [0.1, 0.15) is 38.9 Å². The number of fused-ring (bicyclic) bond motifs is 1. The lowest BCUT2D eigenvalue weighted by Gasteiger charge is -2.22. The Labute approximate surface area is 171 Å². The van der Waals surface area contributed by atoms with Crippen LogP contribution in [0.25, 0.3) is 10.2 Å². The number of nitrogens with zero attached hydrogens (tertiary/aromatic N) is 3. The number of rotatable bonds is 7. The zero-order valence-corrected chi connectivity index (χ0v) is 17.3. The number of hydrogen-bond donors (Lipinski definition) is 0. The number of carbonyl (C=O) groups is 1. The Morgan fingerprint density at radius 3 is 2.24 bits per heavy atom. The highest BCUT2D eigenvalue weighted by Crippen LogP contribution is 2.40. The highest BCUT2D eigenvalue weighted by molar-refractivity contribution is 7.22. The molecule has 0 bridgehead atoms. The van der Waals surface area contributed by atoms with Crippen LogP contribution in [0.2, 0.25) is 0 Å². The number of carbonyl (C=O) groups excluding carboxylic acids is 1. The molecule has 0 saturated heterocycles. The summed E-state index contributed by atoms with van der Waals surface area (Å²) in [5.41, 5.74) is -0.0899. The first-order valence-corrected chi connectivity index (χ1v) is 9.61. The van der Waals surface area contributed by atoms with Crippen molar-refractivity contribution in [3.63, 3.8) is 0 Å². The molecule has 1 heterocycles. The van der Waals surface area contributed by atoms with E-state index in [0.29, 0.717) is 33.4 Å². The van der Waals surface area contributed by atoms with Gasteiger partial charge in [0.05, 0.1) is 14.2 Å². The molecule has 0 saturated carbocycles. The van der Waals surface area contributed by atoms with E-state index in [1.807, 2.05) is 19.0 Å². The lowest BCUT2D eigenvalue weighted by atomic mass is 10.1. The topological polar surface area (TPSA) is 54.9 Å². The Morgan fingerprint density at radius 1 is 1.03 bits per heavy atom. The van der Waals surface area contributed by atoms with E-state index >= 15 is 0 Å². The Kier molecular flexibility index (Phi) is 6.29. The molecule has 29 heavy (non-hydrogen) atoms. The lowest BCUT2D eigenvalue weighted by molar-refractivity contribution is 0.0977. The maximum absolute atomic E-state index is 14.3. The van der Waals surface area contributed by atoms with Crippen LogP contribution in [0.5, 0.6) is 11.5 Å². The molecule has 6 nitrogen and oxygen atoms in total. The molecule has 0 N–H and O–H groups in total. The quantitative estimate of drug-likeness (QED) is 0.581. The number of ether oxygens (including phenoxy) is 2. The molecule has 0 unspecified atom stereocenters. The van der Waals surface area contributed by atoms with E-state index in [9.17, 15) is 13.6 Å². The number of halogens is 2. The highest BCUT2D eigenvalue weighted by atomic mass is 32.1. The van der Waals surface area contributed by atoms with Crippen molar-refractivity contribution in [2.45, 2.75) is 0 Å². The van der Waals surface area contributed by atoms with Crippen molar-refractivity contribution in [3.8, 4) is 11.5 Å². The van der Waals surface area contributed by atoms with Crippen LogP contribution in [-0.2, 0) is 0 Å². The van der Waals surface area contributed by atoms with Gasteiger partial charge in [0.15, 0.2) is 5.13 Å². The highest BCUT2D eigenvalue weighted by Gasteiger charge is 2.27. The average Bonchev–Trinajstić information content (AvgIpc) is 3.12. The summed E-state index contributed by atoms with van der Waals surface area (Å²) in [5.74, 6) is -1.54. The van der Waals surface area contributed by atoms with Crippen molar-refractivity contribution in [1.82, 2.24) is 9.88 Å². The smallest absolute Gasteiger partial charge is 0.266 e. The Morgan fingerprint density at radius 2 is 1.66 bits per heavy atom. The van der Waals surface area contributed by atoms with Crippen molar-refractivity contribution in [2.75, 3.05) is 46.3 Å². The van der Waals surface area contributed by atoms with Crippen LogP contribution in [-0.4, -0.2) is 57.2 Å². The molecule has 0 spiro atoms. The van der Waals surface area contributed by atoms with Gasteiger partial charge in [-0.25, -0.2) is 13.8 Å². The van der Waals surface area contributed by atoms with Gasteiger partial charge < -0.3 is 14.4 Å². The van der Waals surface area contributed by atoms with Crippen LogP contribution in [0.4, 0.5) is 13.9 Å². The fourth-order valence-corrected chi connectivity index (χ4v) is 3.91. The Hall–Kier alpha value is -2.78. The standard InChI is InChI=1S/C20H21F2N3O3S/c1-24(2)10-11-25(19(26)16-12(21)6-5-7-13(16)22)20-23-17-14(27-3)8-9-15(28-4)18(17)29-20/h5-9H,10-11H2,1-4H3. The first kappa shape index (κ1) is 20.9. The van der Waals surface area contributed by atoms with E-state index in [-0.39, 0.29) is 6.54 Å². The third kappa shape index (κ3) is 4.15. The second-order valence-corrected chi connectivity index (χ2v) is 7.48. The van der Waals surface area contributed by atoms with Crippen LogP contribution in [0.15, 0.2) is 30.3 Å². The number of thiazole rings is 1. The molecule has 0 fully saturated rings. The number of benzene rings is 2. The van der Waals surface area contributed by atoms with Gasteiger partial charge in [0.2, 0.25) is 0 Å². The average molecular weight is 421 g/mol. The Balaban J connectivity index is 2.13. The van der Waals surface area contributed by atoms with E-state index in [4.69, 9.17) is 9.47 Å². The van der Waals surface area contributed by atoms with Crippen LogP contribution in [0.3, 0.4) is 0 Å². The minimum atomic E-state index is -0.916. The molecule has 154 valence electrons. The van der Waals surface area contributed by atoms with Crippen molar-refractivity contribution < 1.29 is 23.0 Å². The minimum absolute atomic E-state index is 0.198. The van der Waals surface area contributed by atoms with Crippen molar-refractivity contribution in [3.05, 3.63) is 47.5 Å². The van der Waals surface area contributed by atoms with Gasteiger partial charge in [-0.15, -0.1) is 0 Å². The molecule has 0 aliphatic rings. The first-order valence-electron chi connectivity index (χ1n) is 8.79. The maximum atomic E-state index is 14.3. The predicted molar refractivity (Wildman–Crippen MR) is 109 cm³/mol. The summed E-state index contributed by atoms with van der Waals surface area (Å²) in [6, 6.07) is 6.80. The van der Waals surface area contributed by atoms with Crippen molar-refractivity contribution in [2.24, 2.45) is 0 Å². The second kappa shape index (κ2) is 8.71. The van der Waals surface area contributed by atoms with Crippen LogP contribution in [0.1, 0.15) is 10.4 Å². The summed E-state index contributed by atoms with van der Waals surface area (Å²) in [4.78, 5) is 20.8. The molecule has 0 radical (unpaired) electrons. The monoisotopic (exact) mass is 421 g/mol. The molecular weight excluding hydrogens is 400 g/mol. The number of likely N-dealkylation sites (N-methyl/N-ethyl adjacent to an activating group) is 1. The van der Waals surface area contributed by atoms with Gasteiger partial charge >= 0.3 is 0 Å². The number of aromatic nitrogens is 1. The first-order chi connectivity index (χ1) is 13.9. The molecule has 3 aromatic rings. The molecule has 0 atom stereocenters. The molecule has 1 amide bonds. The van der Waals surface area contributed by atoms with Gasteiger partial charge in [-0.3, -0.25) is 9.69 Å². The molecular formula is C20H21F2N3O3S. The second-order valence-electron chi connectivity index (χ2n) is 6.50. The van der Waals surface area contributed by atoms with Gasteiger partial charge in [-0.2, -0.15) is 0 Å². The fourth-order valence-electron chi connectivity index (χ4n) is 2.81. The molecule has 1 aromatic heterocycles. The fraction of sp³-hybridized carbons (Fsp3) is 0.300. The van der Waals surface area contributed by atoms with E-state index < -0.39 is 23.1 Å². The molecule has 0 aliphatic carbocycles. The van der Waals surface area contributed by atoms with Crippen molar-refractivity contribution >= 4 is 32.6 Å². The Bertz CT molecular complexity index is 978. The van der Waals surface area contributed by atoms with Gasteiger partial charge in [0.25, 0.3) is 5.91 Å². The van der Waals surface area contributed by atoms with E-state index in [1.54, 1.807) is 12.1 Å². The SMILES string of the molecule is COc1ccc(OC)c2sc(N(CCN(C)C)C(=O)c3c(F)cccc3F)nc12. The largest absolute Gasteiger partial charge is 0.495 e. The third-order valence-corrected chi connectivity index (χ3v) is 5.42.